The van der Waals surface area contributed by atoms with Crippen LogP contribution < -0.4 is 5.32 Å². The van der Waals surface area contributed by atoms with Gasteiger partial charge in [0.15, 0.2) is 0 Å². The van der Waals surface area contributed by atoms with Crippen LogP contribution in [0.15, 0.2) is 18.2 Å². The highest BCUT2D eigenvalue weighted by Crippen LogP contribution is 2.29. The maximum atomic E-state index is 13.7. The van der Waals surface area contributed by atoms with E-state index in [-0.39, 0.29) is 42.6 Å². The van der Waals surface area contributed by atoms with E-state index in [0.717, 1.165) is 0 Å². The van der Waals surface area contributed by atoms with E-state index < -0.39 is 11.8 Å². The van der Waals surface area contributed by atoms with Crippen molar-refractivity contribution in [3.8, 4) is 0 Å². The molecule has 2 atom stereocenters. The molecular formula is C19H24FN3O4. The Morgan fingerprint density at radius 1 is 1.33 bits per heavy atom. The van der Waals surface area contributed by atoms with Crippen molar-refractivity contribution >= 4 is 28.5 Å². The number of aromatic nitrogens is 1. The number of nitrogens with one attached hydrogen (secondary N) is 2. The first-order valence-electron chi connectivity index (χ1n) is 9.03. The lowest BCUT2D eigenvalue weighted by Gasteiger charge is -2.34. The highest BCUT2D eigenvalue weighted by molar-refractivity contribution is 6.11. The topological polar surface area (TPSA) is 83.7 Å². The van der Waals surface area contributed by atoms with Crippen LogP contribution in [0.25, 0.3) is 10.9 Å². The standard InChI is InChI=1S/C19H24FN3O4/c1-4-26-19(25)18-17(14-7-13(20)5-6-15(14)21-18)22-16(24)10-23-8-11(2)27-12(3)9-23/h5-7,11-12,21H,4,8-10H2,1-3H3,(H,22,24). The van der Waals surface area contributed by atoms with Gasteiger partial charge in [0.2, 0.25) is 5.91 Å². The zero-order valence-corrected chi connectivity index (χ0v) is 15.7. The molecule has 3 rings (SSSR count). The molecule has 146 valence electrons. The Hall–Kier alpha value is -2.45. The third-order valence-corrected chi connectivity index (χ3v) is 4.37. The van der Waals surface area contributed by atoms with Crippen molar-refractivity contribution in [2.75, 3.05) is 31.6 Å². The highest BCUT2D eigenvalue weighted by atomic mass is 19.1. The smallest absolute Gasteiger partial charge is 0.356 e. The molecule has 1 amide bonds. The van der Waals surface area contributed by atoms with Gasteiger partial charge in [-0.05, 0) is 39.0 Å². The number of morpholine rings is 1. The lowest BCUT2D eigenvalue weighted by atomic mass is 10.2. The first kappa shape index (κ1) is 19.3. The quantitative estimate of drug-likeness (QED) is 0.783. The van der Waals surface area contributed by atoms with Crippen LogP contribution in [0.2, 0.25) is 0 Å². The molecule has 8 heteroatoms. The largest absolute Gasteiger partial charge is 0.461 e. The Morgan fingerprint density at radius 3 is 2.70 bits per heavy atom. The van der Waals surface area contributed by atoms with Crippen LogP contribution in [0.3, 0.4) is 0 Å². The van der Waals surface area contributed by atoms with Gasteiger partial charge in [0.05, 0.1) is 31.0 Å². The fourth-order valence-corrected chi connectivity index (χ4v) is 3.45. The Morgan fingerprint density at radius 2 is 2.04 bits per heavy atom. The average Bonchev–Trinajstić information content (AvgIpc) is 2.92. The number of hydrogen-bond donors (Lipinski definition) is 2. The SMILES string of the molecule is CCOC(=O)c1[nH]c2ccc(F)cc2c1NC(=O)CN1CC(C)OC(C)C1. The normalized spacial score (nSPS) is 20.6. The first-order valence-corrected chi connectivity index (χ1v) is 9.03. The molecule has 1 fully saturated rings. The van der Waals surface area contributed by atoms with Gasteiger partial charge in [-0.15, -0.1) is 0 Å². The number of fused-ring (bicyclic) bond motifs is 1. The van der Waals surface area contributed by atoms with Gasteiger partial charge in [0.1, 0.15) is 11.5 Å². The zero-order valence-electron chi connectivity index (χ0n) is 15.7. The van der Waals surface area contributed by atoms with Crippen molar-refractivity contribution in [2.24, 2.45) is 0 Å². The summed E-state index contributed by atoms with van der Waals surface area (Å²) in [7, 11) is 0. The summed E-state index contributed by atoms with van der Waals surface area (Å²) < 4.78 is 24.4. The Balaban J connectivity index is 1.83. The van der Waals surface area contributed by atoms with Crippen molar-refractivity contribution in [3.63, 3.8) is 0 Å². The lowest BCUT2D eigenvalue weighted by molar-refractivity contribution is -0.121. The summed E-state index contributed by atoms with van der Waals surface area (Å²) in [5, 5.41) is 3.18. The van der Waals surface area contributed by atoms with Gasteiger partial charge in [-0.1, -0.05) is 0 Å². The molecule has 0 aliphatic carbocycles. The average molecular weight is 377 g/mol. The number of H-pyrrole nitrogens is 1. The molecule has 2 heterocycles. The van der Waals surface area contributed by atoms with Gasteiger partial charge in [0.25, 0.3) is 0 Å². The van der Waals surface area contributed by atoms with Crippen molar-refractivity contribution in [1.82, 2.24) is 9.88 Å². The second kappa shape index (κ2) is 8.06. The number of hydrogen-bond acceptors (Lipinski definition) is 5. The van der Waals surface area contributed by atoms with E-state index >= 15 is 0 Å². The molecular weight excluding hydrogens is 353 g/mol. The number of carbonyl (C=O) groups is 2. The lowest BCUT2D eigenvalue weighted by Crippen LogP contribution is -2.48. The molecule has 0 spiro atoms. The summed E-state index contributed by atoms with van der Waals surface area (Å²) in [6, 6.07) is 4.09. The van der Waals surface area contributed by atoms with E-state index in [4.69, 9.17) is 9.47 Å². The van der Waals surface area contributed by atoms with Crippen LogP contribution in [0.1, 0.15) is 31.3 Å². The molecule has 0 bridgehead atoms. The second-order valence-electron chi connectivity index (χ2n) is 6.78. The summed E-state index contributed by atoms with van der Waals surface area (Å²) >= 11 is 0. The fourth-order valence-electron chi connectivity index (χ4n) is 3.45. The molecule has 2 unspecified atom stereocenters. The van der Waals surface area contributed by atoms with E-state index in [9.17, 15) is 14.0 Å². The number of halogens is 1. The zero-order chi connectivity index (χ0) is 19.6. The summed E-state index contributed by atoms with van der Waals surface area (Å²) in [5.41, 5.74) is 0.889. The minimum absolute atomic E-state index is 0.0406. The monoisotopic (exact) mass is 377 g/mol. The van der Waals surface area contributed by atoms with Gasteiger partial charge in [-0.3, -0.25) is 9.69 Å². The van der Waals surface area contributed by atoms with Crippen molar-refractivity contribution in [1.29, 1.82) is 0 Å². The molecule has 1 aliphatic heterocycles. The number of nitrogens with zero attached hydrogens (tertiary/aromatic N) is 1. The van der Waals surface area contributed by atoms with Crippen LogP contribution in [0.5, 0.6) is 0 Å². The molecule has 27 heavy (non-hydrogen) atoms. The van der Waals surface area contributed by atoms with Crippen LogP contribution in [-0.2, 0) is 14.3 Å². The number of carbonyl (C=O) groups excluding carboxylic acids is 2. The first-order chi connectivity index (χ1) is 12.9. The van der Waals surface area contributed by atoms with Crippen molar-refractivity contribution in [2.45, 2.75) is 33.0 Å². The maximum Gasteiger partial charge on any atom is 0.356 e. The number of benzene rings is 1. The second-order valence-corrected chi connectivity index (χ2v) is 6.78. The van der Waals surface area contributed by atoms with E-state index in [1.165, 1.54) is 18.2 Å². The minimum Gasteiger partial charge on any atom is -0.461 e. The molecule has 0 radical (unpaired) electrons. The third-order valence-electron chi connectivity index (χ3n) is 4.37. The number of amides is 1. The van der Waals surface area contributed by atoms with Gasteiger partial charge in [0, 0.05) is 24.0 Å². The predicted molar refractivity (Wildman–Crippen MR) is 99.3 cm³/mol. The molecule has 2 aromatic rings. The third kappa shape index (κ3) is 4.45. The number of anilines is 1. The van der Waals surface area contributed by atoms with Crippen LogP contribution in [-0.4, -0.2) is 60.2 Å². The molecule has 0 saturated carbocycles. The van der Waals surface area contributed by atoms with E-state index in [2.05, 4.69) is 10.3 Å². The Kier molecular flexibility index (Phi) is 5.76. The molecule has 7 nitrogen and oxygen atoms in total. The maximum absolute atomic E-state index is 13.7. The summed E-state index contributed by atoms with van der Waals surface area (Å²) in [5.74, 6) is -1.34. The van der Waals surface area contributed by atoms with E-state index in [1.54, 1.807) is 6.92 Å². The summed E-state index contributed by atoms with van der Waals surface area (Å²) in [4.78, 5) is 29.8. The highest BCUT2D eigenvalue weighted by Gasteiger charge is 2.25. The van der Waals surface area contributed by atoms with Gasteiger partial charge < -0.3 is 19.8 Å². The minimum atomic E-state index is -0.599. The van der Waals surface area contributed by atoms with Crippen LogP contribution >= 0.6 is 0 Å². The predicted octanol–water partition coefficient (Wildman–Crippen LogP) is 2.53. The van der Waals surface area contributed by atoms with Gasteiger partial charge in [-0.2, -0.15) is 0 Å². The van der Waals surface area contributed by atoms with Gasteiger partial charge >= 0.3 is 5.97 Å². The molecule has 2 N–H and O–H groups in total. The van der Waals surface area contributed by atoms with Crippen LogP contribution in [0.4, 0.5) is 10.1 Å². The number of rotatable bonds is 5. The number of aromatic amines is 1. The number of ether oxygens (including phenoxy) is 2. The Bertz CT molecular complexity index is 841. The Labute approximate surface area is 156 Å². The number of esters is 1. The molecule has 1 saturated heterocycles. The van der Waals surface area contributed by atoms with Gasteiger partial charge in [-0.25, -0.2) is 9.18 Å². The molecule has 1 aliphatic rings. The van der Waals surface area contributed by atoms with Crippen molar-refractivity contribution in [3.05, 3.63) is 29.7 Å². The molecule has 1 aromatic heterocycles. The van der Waals surface area contributed by atoms with E-state index in [1.807, 2.05) is 18.7 Å². The fraction of sp³-hybridized carbons (Fsp3) is 0.474. The van der Waals surface area contributed by atoms with E-state index in [0.29, 0.717) is 24.0 Å². The van der Waals surface area contributed by atoms with Crippen molar-refractivity contribution < 1.29 is 23.5 Å². The molecule has 1 aromatic carbocycles. The van der Waals surface area contributed by atoms with Crippen LogP contribution in [0, 0.1) is 5.82 Å². The summed E-state index contributed by atoms with van der Waals surface area (Å²) in [6.45, 7) is 7.25. The summed E-state index contributed by atoms with van der Waals surface area (Å²) in [6.07, 6.45) is 0.0812.